The summed E-state index contributed by atoms with van der Waals surface area (Å²) in [7, 11) is -2.09. The molecule has 1 aromatic heterocycles. The molecule has 2 aliphatic heterocycles. The standard InChI is InChI=1S/C74H96F2N18O15S2/c1-9-25-78-72(102)84-52-14-11-16-56(39-52)111(106,107)89-53-15-10-13-48(36-53)59(41-65(97)98)86-74(104)83-51-21-19-50(20-22-51)82-73(103)79-26-28-91(5)29-30-92(6)31-32-93(7)43-64(96)85-60(40-63(77)95)70(101)94-27-12-17-61(94)68(99)87-66(45(2)3)69(100)90-110(8,105)44-47-34-54-38-55(35-47)109-46(4)24-33-108-62-37-49(75)18-23-57(62)67-58(76)42-80-71(81-54)88-67/h10-11,13-16,18-23,34-39,42,45-46,59-61,66,89H,9,12,17,24-33,40-41,43-44H2,1-8H3,(H2,77,95)(H,85,96)(H,87,99)(H,97,98)(H2,78,84,102)(H2,79,82,103)(H,80,81,88)(H2,83,86,104)/t46-,59-,60+,61+,66+,110-/m1/s1. The number of hydrogen-bond donors (Lipinski definition) is 12. The minimum atomic E-state index is -4.19. The molecule has 598 valence electrons. The summed E-state index contributed by atoms with van der Waals surface area (Å²) < 4.78 is 89.4. The molecule has 0 unspecified atom stereocenters. The number of halogens is 2. The maximum Gasteiger partial charge on any atom is 0.319 e. The number of carbonyl (C=O) groups excluding carboxylic acids is 8. The van der Waals surface area contributed by atoms with Gasteiger partial charge in [-0.25, -0.2) is 45.8 Å². The number of fused-ring (bicyclic) bond motifs is 6. The molecular formula is C74H96F2N18O15S2. The number of aliphatic carboxylic acids is 1. The van der Waals surface area contributed by atoms with Crippen LogP contribution in [0.25, 0.3) is 11.3 Å². The van der Waals surface area contributed by atoms with Crippen molar-refractivity contribution in [2.45, 2.75) is 107 Å². The molecule has 5 aromatic carbocycles. The number of nitrogens with zero attached hydrogens (tertiary/aromatic N) is 7. The lowest BCUT2D eigenvalue weighted by molar-refractivity contribution is -0.143. The first-order valence-electron chi connectivity index (χ1n) is 35.9. The molecule has 13 N–H and O–H groups in total. The number of rotatable bonds is 33. The number of likely N-dealkylation sites (tertiary alicyclic amines) is 1. The normalized spacial score (nSPS) is 15.5. The Kier molecular flexibility index (Phi) is 30.8. The quantitative estimate of drug-likeness (QED) is 0.0206. The number of primary amides is 1. The van der Waals surface area contributed by atoms with E-state index in [1.807, 2.05) is 30.8 Å². The molecular weight excluding hydrogens is 1480 g/mol. The number of amides is 11. The first-order chi connectivity index (χ1) is 52.7. The molecule has 0 radical (unpaired) electrons. The number of anilines is 6. The van der Waals surface area contributed by atoms with Crippen LogP contribution >= 0.6 is 0 Å². The lowest BCUT2D eigenvalue weighted by Crippen LogP contribution is -2.57. The molecule has 0 aliphatic carbocycles. The van der Waals surface area contributed by atoms with E-state index in [1.54, 1.807) is 63.1 Å². The van der Waals surface area contributed by atoms with Gasteiger partial charge in [-0.3, -0.25) is 38.4 Å². The fourth-order valence-electron chi connectivity index (χ4n) is 11.9. The molecule has 1 saturated heterocycles. The zero-order chi connectivity index (χ0) is 80.7. The molecule has 111 heavy (non-hydrogen) atoms. The Morgan fingerprint density at radius 1 is 0.748 bits per heavy atom. The summed E-state index contributed by atoms with van der Waals surface area (Å²) in [4.78, 5) is 134. The Bertz CT molecular complexity index is 4590. The number of aromatic nitrogens is 2. The summed E-state index contributed by atoms with van der Waals surface area (Å²) >= 11 is 0. The van der Waals surface area contributed by atoms with Gasteiger partial charge in [0.15, 0.2) is 5.82 Å². The summed E-state index contributed by atoms with van der Waals surface area (Å²) in [5, 5.41) is 34.1. The van der Waals surface area contributed by atoms with E-state index in [2.05, 4.69) is 66.9 Å². The van der Waals surface area contributed by atoms with Gasteiger partial charge in [-0.1, -0.05) is 39.0 Å². The van der Waals surface area contributed by atoms with Gasteiger partial charge >= 0.3 is 24.1 Å². The molecule has 8 rings (SSSR count). The Morgan fingerprint density at radius 2 is 1.41 bits per heavy atom. The maximum atomic E-state index is 15.3. The second kappa shape index (κ2) is 40.0. The summed E-state index contributed by atoms with van der Waals surface area (Å²) in [5.41, 5.74) is 7.73. The van der Waals surface area contributed by atoms with E-state index in [0.717, 1.165) is 18.3 Å². The van der Waals surface area contributed by atoms with Crippen LogP contribution in [0.5, 0.6) is 11.5 Å². The van der Waals surface area contributed by atoms with Crippen molar-refractivity contribution < 1.29 is 79.1 Å². The third-order valence-electron chi connectivity index (χ3n) is 17.6. The number of ether oxygens (including phenoxy) is 2. The zero-order valence-corrected chi connectivity index (χ0v) is 64.5. The van der Waals surface area contributed by atoms with Crippen LogP contribution in [0.15, 0.2) is 125 Å². The van der Waals surface area contributed by atoms with Gasteiger partial charge in [0.2, 0.25) is 29.6 Å². The van der Waals surface area contributed by atoms with E-state index in [1.165, 1.54) is 77.9 Å². The van der Waals surface area contributed by atoms with Crippen LogP contribution in [0.3, 0.4) is 0 Å². The van der Waals surface area contributed by atoms with Crippen LogP contribution in [0.4, 0.5) is 57.5 Å². The molecule has 6 aromatic rings. The Balaban J connectivity index is 0.749. The molecule has 37 heteroatoms. The van der Waals surface area contributed by atoms with Gasteiger partial charge in [0, 0.05) is 111 Å². The van der Waals surface area contributed by atoms with Crippen LogP contribution in [0.2, 0.25) is 0 Å². The van der Waals surface area contributed by atoms with E-state index < -0.39 is 134 Å². The highest BCUT2D eigenvalue weighted by Crippen LogP contribution is 2.34. The third kappa shape index (κ3) is 26.8. The van der Waals surface area contributed by atoms with Crippen molar-refractivity contribution in [3.05, 3.63) is 138 Å². The van der Waals surface area contributed by atoms with Gasteiger partial charge in [-0.05, 0) is 143 Å². The predicted molar refractivity (Wildman–Crippen MR) is 414 cm³/mol. The summed E-state index contributed by atoms with van der Waals surface area (Å²) in [6.07, 6.45) is 2.26. The number of carbonyl (C=O) groups is 9. The van der Waals surface area contributed by atoms with Crippen LogP contribution in [-0.2, 0) is 54.3 Å². The SMILES string of the molecule is CCCNC(=O)Nc1cccc(S(=O)(=O)Nc2cccc([C@@H](CC(=O)O)NC(=O)Nc3ccc(NC(=O)NCCN(C)CCN(C)CCN(C)CC(=O)N[C@@H](CC(N)=O)C(=O)N4CCC[C@H]4C(=O)N[C@H](C(=O)N=[S@](C)(=O)Cc4cc5cc(c4)O[C@H](C)CCOc4cc(F)ccc4-c4nc(ncc4F)N5)C(C)C)cc3)c2)c1. The molecule has 0 spiro atoms. The number of carboxylic acid groups (broad SMARTS) is 1. The fraction of sp³-hybridized carbons (Fsp3) is 0.419. The van der Waals surface area contributed by atoms with Crippen molar-refractivity contribution in [1.29, 1.82) is 0 Å². The van der Waals surface area contributed by atoms with Gasteiger partial charge in [-0.15, -0.1) is 0 Å². The molecule has 4 bridgehead atoms. The minimum Gasteiger partial charge on any atom is -0.493 e. The molecule has 2 aliphatic rings. The van der Waals surface area contributed by atoms with Gasteiger partial charge in [0.05, 0.1) is 64.7 Å². The van der Waals surface area contributed by atoms with Gasteiger partial charge in [-0.2, -0.15) is 4.36 Å². The molecule has 6 atom stereocenters. The zero-order valence-electron chi connectivity index (χ0n) is 62.9. The molecule has 0 saturated carbocycles. The van der Waals surface area contributed by atoms with E-state index in [0.29, 0.717) is 86.9 Å². The number of hydrogen-bond acceptors (Lipinski definition) is 20. The number of sulfonamides is 1. The topological polar surface area (TPSA) is 441 Å². The average Bonchev–Trinajstić information content (AvgIpc) is 1.49. The van der Waals surface area contributed by atoms with Crippen LogP contribution in [-0.4, -0.2) is 218 Å². The lowest BCUT2D eigenvalue weighted by Gasteiger charge is -2.30. The smallest absolute Gasteiger partial charge is 0.319 e. The average molecular weight is 1580 g/mol. The molecule has 3 heterocycles. The minimum absolute atomic E-state index is 0.0395. The molecule has 1 fully saturated rings. The van der Waals surface area contributed by atoms with Crippen LogP contribution < -0.4 is 67.8 Å². The van der Waals surface area contributed by atoms with Gasteiger partial charge in [0.25, 0.3) is 15.9 Å². The highest BCUT2D eigenvalue weighted by atomic mass is 32.2. The van der Waals surface area contributed by atoms with Gasteiger partial charge < -0.3 is 82.9 Å². The van der Waals surface area contributed by atoms with Crippen LogP contribution in [0.1, 0.15) is 83.4 Å². The number of likely N-dealkylation sites (N-methyl/N-ethyl adjacent to an activating group) is 3. The van der Waals surface area contributed by atoms with Crippen LogP contribution in [0, 0.1) is 17.6 Å². The molecule has 33 nitrogen and oxygen atoms in total. The Labute approximate surface area is 642 Å². The Morgan fingerprint density at radius 3 is 2.09 bits per heavy atom. The van der Waals surface area contributed by atoms with E-state index in [4.69, 9.17) is 15.2 Å². The largest absolute Gasteiger partial charge is 0.493 e. The number of carboxylic acids is 1. The van der Waals surface area contributed by atoms with Crippen molar-refractivity contribution in [2.24, 2.45) is 16.0 Å². The Hall–Kier alpha value is -11.2. The lowest BCUT2D eigenvalue weighted by atomic mass is 10.0. The first-order valence-corrected chi connectivity index (χ1v) is 39.5. The van der Waals surface area contributed by atoms with E-state index in [9.17, 15) is 65.3 Å². The number of nitrogens with one attached hydrogen (secondary N) is 10. The first kappa shape index (κ1) is 85.5. The van der Waals surface area contributed by atoms with E-state index >= 15 is 4.39 Å². The highest BCUT2D eigenvalue weighted by molar-refractivity contribution is 7.93. The highest BCUT2D eigenvalue weighted by Gasteiger charge is 2.40. The van der Waals surface area contributed by atoms with E-state index in [-0.39, 0.29) is 83.2 Å². The summed E-state index contributed by atoms with van der Waals surface area (Å²) in [5.74, 6) is -6.87. The number of nitrogens with two attached hydrogens (primary N) is 1. The van der Waals surface area contributed by atoms with Crippen molar-refractivity contribution in [3.63, 3.8) is 0 Å². The van der Waals surface area contributed by atoms with Crippen molar-refractivity contribution in [2.75, 3.05) is 119 Å². The predicted octanol–water partition coefficient (Wildman–Crippen LogP) is 6.62. The third-order valence-corrected chi connectivity index (χ3v) is 20.4. The second-order valence-electron chi connectivity index (χ2n) is 27.5. The molecule has 11 amide bonds. The van der Waals surface area contributed by atoms with Crippen molar-refractivity contribution in [3.8, 4) is 22.8 Å². The number of benzene rings is 5. The fourth-order valence-corrected chi connectivity index (χ4v) is 14.3. The summed E-state index contributed by atoms with van der Waals surface area (Å²) in [6.45, 7) is 10.4. The van der Waals surface area contributed by atoms with Crippen molar-refractivity contribution >= 4 is 108 Å². The second-order valence-corrected chi connectivity index (χ2v) is 31.6. The van der Waals surface area contributed by atoms with Gasteiger partial charge in [0.1, 0.15) is 41.1 Å². The number of urea groups is 3. The maximum absolute atomic E-state index is 15.3. The monoisotopic (exact) mass is 1580 g/mol. The summed E-state index contributed by atoms with van der Waals surface area (Å²) in [6, 6.07) is 19.5. The van der Waals surface area contributed by atoms with Crippen molar-refractivity contribution in [1.82, 2.24) is 56.2 Å².